The minimum Gasteiger partial charge on any atom is -0.461 e. The van der Waals surface area contributed by atoms with E-state index in [-0.39, 0.29) is 31.2 Å². The third kappa shape index (κ3) is 4.62. The summed E-state index contributed by atoms with van der Waals surface area (Å²) in [6, 6.07) is 9.65. The number of hydrogen-bond donors (Lipinski definition) is 2. The van der Waals surface area contributed by atoms with Crippen molar-refractivity contribution in [3.8, 4) is 17.1 Å². The molecule has 1 saturated carbocycles. The molecule has 3 fully saturated rings. The van der Waals surface area contributed by atoms with Crippen LogP contribution in [0.25, 0.3) is 22.0 Å². The normalized spacial score (nSPS) is 26.0. The zero-order valence-corrected chi connectivity index (χ0v) is 22.7. The summed E-state index contributed by atoms with van der Waals surface area (Å²) in [5.41, 5.74) is 3.64. The average Bonchev–Trinajstić information content (AvgIpc) is 3.28. The quantitative estimate of drug-likeness (QED) is 0.280. The first-order valence-corrected chi connectivity index (χ1v) is 14.3. The lowest BCUT2D eigenvalue weighted by atomic mass is 9.93. The molecule has 0 bridgehead atoms. The van der Waals surface area contributed by atoms with Gasteiger partial charge in [-0.1, -0.05) is 30.8 Å². The molecule has 2 aliphatic heterocycles. The summed E-state index contributed by atoms with van der Waals surface area (Å²) in [4.78, 5) is 22.7. The number of ether oxygens (including phenoxy) is 1. The van der Waals surface area contributed by atoms with Gasteiger partial charge >= 0.3 is 6.01 Å². The summed E-state index contributed by atoms with van der Waals surface area (Å²) < 4.78 is 49.8. The molecule has 10 heteroatoms. The Kier molecular flexibility index (Phi) is 6.41. The predicted octanol–water partition coefficient (Wildman–Crippen LogP) is 5.06. The molecule has 4 atom stereocenters. The van der Waals surface area contributed by atoms with E-state index < -0.39 is 29.3 Å². The Hall–Kier alpha value is -3.66. The molecule has 214 valence electrons. The fraction of sp³-hybridized carbons (Fsp3) is 0.452. The van der Waals surface area contributed by atoms with E-state index in [0.717, 1.165) is 37.8 Å². The monoisotopic (exact) mass is 563 g/mol. The van der Waals surface area contributed by atoms with Crippen molar-refractivity contribution in [2.45, 2.75) is 49.7 Å². The SMILES string of the molecule is C=C(F)C(=O)NCCNc1nc(OC[C@@]23CCCN2C[C@H](F)C3)nc2c(F)c(-c3cccc4c3[C@H]3C[C@H]3C4)ccc12. The van der Waals surface area contributed by atoms with Crippen molar-refractivity contribution in [2.24, 2.45) is 5.92 Å². The molecule has 0 unspecified atom stereocenters. The number of amides is 1. The van der Waals surface area contributed by atoms with Crippen molar-refractivity contribution in [1.82, 2.24) is 20.2 Å². The second kappa shape index (κ2) is 10.0. The minimum atomic E-state index is -1.07. The van der Waals surface area contributed by atoms with E-state index in [1.54, 1.807) is 12.1 Å². The van der Waals surface area contributed by atoms with Gasteiger partial charge in [0.2, 0.25) is 0 Å². The standard InChI is InChI=1S/C31H32F3N5O2/c1-17(32)29(40)36-10-9-35-28-23-7-6-22(21-5-2-4-18-12-19-13-24(19)25(18)21)26(34)27(23)37-30(38-28)41-16-31-8-3-11-39(31)15-20(33)14-31/h2,4-7,19-20,24H,1,3,8-16H2,(H,36,40)(H,35,37,38)/t19-,20-,24+,31+/m1/s1. The van der Waals surface area contributed by atoms with E-state index in [9.17, 15) is 13.6 Å². The summed E-state index contributed by atoms with van der Waals surface area (Å²) >= 11 is 0. The van der Waals surface area contributed by atoms with E-state index in [4.69, 9.17) is 4.74 Å². The maximum absolute atomic E-state index is 16.4. The van der Waals surface area contributed by atoms with Gasteiger partial charge in [0.25, 0.3) is 5.91 Å². The molecule has 2 aromatic carbocycles. The number of halogens is 3. The molecule has 1 aromatic heterocycles. The Bertz CT molecular complexity index is 1560. The topological polar surface area (TPSA) is 79.4 Å². The fourth-order valence-corrected chi connectivity index (χ4v) is 7.22. The van der Waals surface area contributed by atoms with Gasteiger partial charge in [-0.05, 0) is 66.8 Å². The first kappa shape index (κ1) is 26.3. The summed E-state index contributed by atoms with van der Waals surface area (Å²) in [5.74, 6) is -0.932. The smallest absolute Gasteiger partial charge is 0.319 e. The number of rotatable bonds is 9. The number of aromatic nitrogens is 2. The molecule has 2 N–H and O–H groups in total. The van der Waals surface area contributed by atoms with Gasteiger partial charge in [0.1, 0.15) is 24.1 Å². The molecule has 7 nitrogen and oxygen atoms in total. The molecule has 3 aromatic rings. The minimum absolute atomic E-state index is 0.00121. The van der Waals surface area contributed by atoms with Crippen molar-refractivity contribution in [3.63, 3.8) is 0 Å². The van der Waals surface area contributed by atoms with Crippen molar-refractivity contribution >= 4 is 22.6 Å². The molecule has 2 aliphatic carbocycles. The molecule has 3 heterocycles. The molecule has 0 radical (unpaired) electrons. The third-order valence-corrected chi connectivity index (χ3v) is 9.23. The second-order valence-electron chi connectivity index (χ2n) is 11.8. The largest absolute Gasteiger partial charge is 0.461 e. The number of carbonyl (C=O) groups is 1. The number of hydrogen-bond acceptors (Lipinski definition) is 6. The van der Waals surface area contributed by atoms with Crippen molar-refractivity contribution in [3.05, 3.63) is 59.7 Å². The van der Waals surface area contributed by atoms with Crippen LogP contribution in [0.3, 0.4) is 0 Å². The highest BCUT2D eigenvalue weighted by Crippen LogP contribution is 2.58. The number of fused-ring (bicyclic) bond motifs is 5. The lowest BCUT2D eigenvalue weighted by Crippen LogP contribution is -2.43. The van der Waals surface area contributed by atoms with Crippen LogP contribution in [0.2, 0.25) is 0 Å². The van der Waals surface area contributed by atoms with Crippen molar-refractivity contribution in [1.29, 1.82) is 0 Å². The highest BCUT2D eigenvalue weighted by molar-refractivity contribution is 5.94. The van der Waals surface area contributed by atoms with Gasteiger partial charge in [-0.2, -0.15) is 9.97 Å². The van der Waals surface area contributed by atoms with Gasteiger partial charge in [-0.3, -0.25) is 9.69 Å². The van der Waals surface area contributed by atoms with Crippen LogP contribution in [0.15, 0.2) is 42.7 Å². The molecule has 0 spiro atoms. The van der Waals surface area contributed by atoms with Crippen molar-refractivity contribution < 1.29 is 22.7 Å². The van der Waals surface area contributed by atoms with Crippen LogP contribution >= 0.6 is 0 Å². The van der Waals surface area contributed by atoms with Crippen LogP contribution in [-0.4, -0.2) is 65.3 Å². The summed E-state index contributed by atoms with van der Waals surface area (Å²) in [5, 5.41) is 5.98. The van der Waals surface area contributed by atoms with Crippen LogP contribution in [0.4, 0.5) is 19.0 Å². The van der Waals surface area contributed by atoms with Crippen LogP contribution in [0.5, 0.6) is 6.01 Å². The molecule has 4 aliphatic rings. The lowest BCUT2D eigenvalue weighted by molar-refractivity contribution is -0.118. The molecule has 1 amide bonds. The maximum Gasteiger partial charge on any atom is 0.319 e. The van der Waals surface area contributed by atoms with Crippen LogP contribution < -0.4 is 15.4 Å². The van der Waals surface area contributed by atoms with E-state index in [2.05, 4.69) is 38.1 Å². The van der Waals surface area contributed by atoms with E-state index in [0.29, 0.717) is 41.6 Å². The highest BCUT2D eigenvalue weighted by atomic mass is 19.1. The number of nitrogens with zero attached hydrogens (tertiary/aromatic N) is 3. The summed E-state index contributed by atoms with van der Waals surface area (Å²) in [7, 11) is 0. The number of carbonyl (C=O) groups excluding carboxylic acids is 1. The lowest BCUT2D eigenvalue weighted by Gasteiger charge is -2.30. The van der Waals surface area contributed by atoms with E-state index >= 15 is 4.39 Å². The number of benzene rings is 2. The Morgan fingerprint density at radius 1 is 1.20 bits per heavy atom. The molecule has 7 rings (SSSR count). The summed E-state index contributed by atoms with van der Waals surface area (Å²) in [6.45, 7) is 4.72. The van der Waals surface area contributed by atoms with Gasteiger partial charge in [0.05, 0.1) is 5.54 Å². The van der Waals surface area contributed by atoms with Gasteiger partial charge in [-0.15, -0.1) is 0 Å². The molecule has 41 heavy (non-hydrogen) atoms. The van der Waals surface area contributed by atoms with E-state index in [1.807, 2.05) is 12.1 Å². The molecular formula is C31H32F3N5O2. The number of nitrogens with one attached hydrogen (secondary N) is 2. The summed E-state index contributed by atoms with van der Waals surface area (Å²) in [6.07, 6.45) is 3.49. The number of alkyl halides is 1. The van der Waals surface area contributed by atoms with Crippen LogP contribution in [0, 0.1) is 11.7 Å². The Labute approximate surface area is 236 Å². The van der Waals surface area contributed by atoms with Gasteiger partial charge in [0.15, 0.2) is 11.6 Å². The molecule has 2 saturated heterocycles. The van der Waals surface area contributed by atoms with Crippen molar-refractivity contribution in [2.75, 3.05) is 38.1 Å². The molecular weight excluding hydrogens is 531 g/mol. The van der Waals surface area contributed by atoms with Crippen LogP contribution in [0.1, 0.15) is 42.7 Å². The zero-order chi connectivity index (χ0) is 28.3. The van der Waals surface area contributed by atoms with Gasteiger partial charge < -0.3 is 15.4 Å². The average molecular weight is 564 g/mol. The Morgan fingerprint density at radius 2 is 2.07 bits per heavy atom. The zero-order valence-electron chi connectivity index (χ0n) is 22.7. The van der Waals surface area contributed by atoms with Gasteiger partial charge in [0, 0.05) is 37.0 Å². The second-order valence-corrected chi connectivity index (χ2v) is 11.8. The van der Waals surface area contributed by atoms with Gasteiger partial charge in [-0.25, -0.2) is 13.2 Å². The first-order chi connectivity index (χ1) is 19.8. The third-order valence-electron chi connectivity index (χ3n) is 9.23. The number of anilines is 1. The predicted molar refractivity (Wildman–Crippen MR) is 150 cm³/mol. The highest BCUT2D eigenvalue weighted by Gasteiger charge is 2.49. The first-order valence-electron chi connectivity index (χ1n) is 14.3. The van der Waals surface area contributed by atoms with E-state index in [1.165, 1.54) is 11.1 Å². The Morgan fingerprint density at radius 3 is 2.93 bits per heavy atom. The maximum atomic E-state index is 16.4. The fourth-order valence-electron chi connectivity index (χ4n) is 7.22. The van der Waals surface area contributed by atoms with Crippen LogP contribution in [-0.2, 0) is 11.2 Å². The Balaban J connectivity index is 1.22.